The molecule has 0 bridgehead atoms. The van der Waals surface area contributed by atoms with Crippen molar-refractivity contribution in [2.45, 2.75) is 44.2 Å². The first-order valence-electron chi connectivity index (χ1n) is 11.4. The maximum atomic E-state index is 14.4. The van der Waals surface area contributed by atoms with Gasteiger partial charge in [-0.15, -0.1) is 0 Å². The molecule has 1 aromatic carbocycles. The van der Waals surface area contributed by atoms with Gasteiger partial charge in [0.1, 0.15) is 17.5 Å². The van der Waals surface area contributed by atoms with Crippen LogP contribution in [0.1, 0.15) is 53.3 Å². The van der Waals surface area contributed by atoms with Gasteiger partial charge in [-0.1, -0.05) is 6.07 Å². The molecule has 1 saturated heterocycles. The lowest BCUT2D eigenvalue weighted by Gasteiger charge is -2.35. The molecule has 10 heteroatoms. The van der Waals surface area contributed by atoms with Crippen molar-refractivity contribution in [3.63, 3.8) is 0 Å². The average Bonchev–Trinajstić information content (AvgIpc) is 3.63. The van der Waals surface area contributed by atoms with E-state index in [0.29, 0.717) is 43.7 Å². The molecule has 1 atom stereocenters. The van der Waals surface area contributed by atoms with Gasteiger partial charge < -0.3 is 20.6 Å². The predicted molar refractivity (Wildman–Crippen MR) is 122 cm³/mol. The minimum Gasteiger partial charge on any atom is -0.385 e. The molecule has 1 aliphatic heterocycles. The summed E-state index contributed by atoms with van der Waals surface area (Å²) in [4.78, 5) is 39.5. The van der Waals surface area contributed by atoms with E-state index in [1.165, 1.54) is 25.4 Å². The van der Waals surface area contributed by atoms with E-state index in [9.17, 15) is 23.9 Å². The number of hydrogen-bond donors (Lipinski definition) is 3. The van der Waals surface area contributed by atoms with Gasteiger partial charge in [-0.2, -0.15) is 10.2 Å². The van der Waals surface area contributed by atoms with E-state index in [0.717, 1.165) is 12.8 Å². The van der Waals surface area contributed by atoms with Crippen molar-refractivity contribution in [3.8, 4) is 0 Å². The number of ketones is 1. The summed E-state index contributed by atoms with van der Waals surface area (Å²) in [5, 5.41) is 22.8. The molecule has 0 radical (unpaired) electrons. The second-order valence-corrected chi connectivity index (χ2v) is 8.98. The van der Waals surface area contributed by atoms with Crippen LogP contribution >= 0.6 is 0 Å². The predicted octanol–water partition coefficient (Wildman–Crippen LogP) is 1.47. The summed E-state index contributed by atoms with van der Waals surface area (Å²) in [5.41, 5.74) is -0.121. The van der Waals surface area contributed by atoms with Gasteiger partial charge in [-0.25, -0.2) is 4.39 Å². The van der Waals surface area contributed by atoms with Crippen LogP contribution < -0.4 is 15.5 Å². The van der Waals surface area contributed by atoms with Crippen LogP contribution in [0.15, 0.2) is 36.7 Å². The standard InChI is InChI=1S/C24H28FN5O4/c1-15(31)21(32)20-18(25)3-2-4-19(20)30-11-6-16(7-12-30)13-26-23(34)24(8-9-24)29-22(33)17-5-10-27-28-14-17/h2-5,10,14-16,31H,6-9,11-13H2,1H3,(H,26,34)(H,29,33). The number of piperidine rings is 1. The topological polar surface area (TPSA) is 125 Å². The Hall–Kier alpha value is -3.40. The van der Waals surface area contributed by atoms with Gasteiger partial charge in [-0.3, -0.25) is 14.4 Å². The summed E-state index contributed by atoms with van der Waals surface area (Å²) in [6.07, 6.45) is 4.17. The zero-order chi connectivity index (χ0) is 24.3. The van der Waals surface area contributed by atoms with Crippen LogP contribution in [-0.2, 0) is 4.79 Å². The number of hydrogen-bond acceptors (Lipinski definition) is 7. The van der Waals surface area contributed by atoms with Crippen LogP contribution in [0.5, 0.6) is 0 Å². The Kier molecular flexibility index (Phi) is 6.87. The Balaban J connectivity index is 1.30. The minimum absolute atomic E-state index is 0.0833. The minimum atomic E-state index is -1.28. The number of carbonyl (C=O) groups excluding carboxylic acids is 3. The van der Waals surface area contributed by atoms with Crippen LogP contribution in [0, 0.1) is 11.7 Å². The largest absolute Gasteiger partial charge is 0.385 e. The quantitative estimate of drug-likeness (QED) is 0.500. The van der Waals surface area contributed by atoms with Gasteiger partial charge in [0.2, 0.25) is 5.91 Å². The highest BCUT2D eigenvalue weighted by atomic mass is 19.1. The van der Waals surface area contributed by atoms with Crippen molar-refractivity contribution in [2.24, 2.45) is 5.92 Å². The number of nitrogens with zero attached hydrogens (tertiary/aromatic N) is 3. The molecule has 1 unspecified atom stereocenters. The van der Waals surface area contributed by atoms with E-state index in [4.69, 9.17) is 0 Å². The summed E-state index contributed by atoms with van der Waals surface area (Å²) in [5.74, 6) is -1.60. The van der Waals surface area contributed by atoms with Gasteiger partial charge in [0, 0.05) is 19.6 Å². The van der Waals surface area contributed by atoms with Crippen LogP contribution in [0.4, 0.5) is 10.1 Å². The van der Waals surface area contributed by atoms with Crippen LogP contribution in [0.3, 0.4) is 0 Å². The number of aromatic nitrogens is 2. The molecule has 3 N–H and O–H groups in total. The summed E-state index contributed by atoms with van der Waals surface area (Å²) in [7, 11) is 0. The lowest BCUT2D eigenvalue weighted by atomic mass is 9.94. The number of Topliss-reactive ketones (excluding diaryl/α,β-unsaturated/α-hetero) is 1. The highest BCUT2D eigenvalue weighted by molar-refractivity contribution is 6.04. The molecule has 2 fully saturated rings. The molecule has 1 aromatic heterocycles. The number of aliphatic hydroxyl groups is 1. The molecule has 9 nitrogen and oxygen atoms in total. The number of halogens is 1. The summed E-state index contributed by atoms with van der Waals surface area (Å²) in [6, 6.07) is 6.02. The van der Waals surface area contributed by atoms with Gasteiger partial charge >= 0.3 is 0 Å². The number of carbonyl (C=O) groups is 3. The van der Waals surface area contributed by atoms with E-state index in [1.807, 2.05) is 4.90 Å². The van der Waals surface area contributed by atoms with E-state index >= 15 is 0 Å². The van der Waals surface area contributed by atoms with Crippen molar-refractivity contribution in [2.75, 3.05) is 24.5 Å². The third-order valence-electron chi connectivity index (χ3n) is 6.51. The molecule has 0 spiro atoms. The molecule has 2 aromatic rings. The van der Waals surface area contributed by atoms with E-state index in [1.54, 1.807) is 18.2 Å². The lowest BCUT2D eigenvalue weighted by molar-refractivity contribution is -0.124. The Labute approximate surface area is 196 Å². The molecule has 34 heavy (non-hydrogen) atoms. The molecule has 2 heterocycles. The Bertz CT molecular complexity index is 1070. The Morgan fingerprint density at radius 1 is 1.21 bits per heavy atom. The van der Waals surface area contributed by atoms with Gasteiger partial charge in [0.05, 0.1) is 29.2 Å². The molecule has 2 aliphatic rings. The number of anilines is 1. The summed E-state index contributed by atoms with van der Waals surface area (Å²) in [6.45, 7) is 3.00. The lowest BCUT2D eigenvalue weighted by Crippen LogP contribution is -2.50. The molecule has 1 aliphatic carbocycles. The SMILES string of the molecule is CC(O)C(=O)c1c(F)cccc1N1CCC(CNC(=O)C2(NC(=O)c3ccnnc3)CC2)CC1. The monoisotopic (exact) mass is 469 g/mol. The van der Waals surface area contributed by atoms with Gasteiger partial charge in [-0.05, 0) is 56.7 Å². The third-order valence-corrected chi connectivity index (χ3v) is 6.51. The average molecular weight is 470 g/mol. The second-order valence-electron chi connectivity index (χ2n) is 8.98. The maximum absolute atomic E-state index is 14.4. The van der Waals surface area contributed by atoms with Crippen molar-refractivity contribution in [1.82, 2.24) is 20.8 Å². The second kappa shape index (κ2) is 9.84. The van der Waals surface area contributed by atoms with Crippen molar-refractivity contribution >= 4 is 23.3 Å². The third kappa shape index (κ3) is 5.06. The van der Waals surface area contributed by atoms with Crippen molar-refractivity contribution < 1.29 is 23.9 Å². The van der Waals surface area contributed by atoms with Gasteiger partial charge in [0.25, 0.3) is 5.91 Å². The van der Waals surface area contributed by atoms with E-state index < -0.39 is 23.2 Å². The highest BCUT2D eigenvalue weighted by Gasteiger charge is 2.51. The normalized spacial score (nSPS) is 18.1. The van der Waals surface area contributed by atoms with Crippen molar-refractivity contribution in [3.05, 3.63) is 53.6 Å². The number of amides is 2. The van der Waals surface area contributed by atoms with E-state index in [-0.39, 0.29) is 23.3 Å². The highest BCUT2D eigenvalue weighted by Crippen LogP contribution is 2.36. The molecule has 2 amide bonds. The first-order chi connectivity index (χ1) is 16.3. The number of benzene rings is 1. The van der Waals surface area contributed by atoms with Gasteiger partial charge in [0.15, 0.2) is 5.78 Å². The fraction of sp³-hybridized carbons (Fsp3) is 0.458. The molecule has 180 valence electrons. The zero-order valence-electron chi connectivity index (χ0n) is 19.0. The summed E-state index contributed by atoms with van der Waals surface area (Å²) >= 11 is 0. The van der Waals surface area contributed by atoms with Crippen LogP contribution in [0.2, 0.25) is 0 Å². The smallest absolute Gasteiger partial charge is 0.253 e. The molecule has 4 rings (SSSR count). The number of aliphatic hydroxyl groups excluding tert-OH is 1. The number of nitrogens with one attached hydrogen (secondary N) is 2. The zero-order valence-corrected chi connectivity index (χ0v) is 19.0. The summed E-state index contributed by atoms with van der Waals surface area (Å²) < 4.78 is 14.4. The fourth-order valence-corrected chi connectivity index (χ4v) is 4.26. The van der Waals surface area contributed by atoms with E-state index in [2.05, 4.69) is 20.8 Å². The maximum Gasteiger partial charge on any atom is 0.253 e. The Morgan fingerprint density at radius 3 is 2.56 bits per heavy atom. The molecule has 1 saturated carbocycles. The molecular formula is C24H28FN5O4. The Morgan fingerprint density at radius 2 is 1.94 bits per heavy atom. The first kappa shape index (κ1) is 23.7. The van der Waals surface area contributed by atoms with Crippen LogP contribution in [-0.4, -0.2) is 64.2 Å². The van der Waals surface area contributed by atoms with Crippen molar-refractivity contribution in [1.29, 1.82) is 0 Å². The molecular weight excluding hydrogens is 441 g/mol. The van der Waals surface area contributed by atoms with Crippen LogP contribution in [0.25, 0.3) is 0 Å². The first-order valence-corrected chi connectivity index (χ1v) is 11.4. The number of rotatable bonds is 8. The fourth-order valence-electron chi connectivity index (χ4n) is 4.26.